The summed E-state index contributed by atoms with van der Waals surface area (Å²) in [7, 11) is 0. The number of hydrogen-bond acceptors (Lipinski definition) is 0. The predicted octanol–water partition coefficient (Wildman–Crippen LogP) is 13.3. The summed E-state index contributed by atoms with van der Waals surface area (Å²) in [4.78, 5) is 0. The first-order chi connectivity index (χ1) is 24.9. The predicted molar refractivity (Wildman–Crippen MR) is 218 cm³/mol. The molecular weight excluding hydrogens is 613 g/mol. The molecule has 0 saturated heterocycles. The van der Waals surface area contributed by atoms with Crippen LogP contribution in [0.25, 0.3) is 34.4 Å². The van der Waals surface area contributed by atoms with E-state index >= 15 is 0 Å². The highest BCUT2D eigenvalue weighted by molar-refractivity contribution is 5.85. The summed E-state index contributed by atoms with van der Waals surface area (Å²) in [6.07, 6.45) is 9.01. The minimum Gasteiger partial charge on any atom is -0.0622 e. The van der Waals surface area contributed by atoms with Crippen LogP contribution in [0.3, 0.4) is 0 Å². The monoisotopic (exact) mass is 660 g/mol. The molecule has 51 heavy (non-hydrogen) atoms. The van der Waals surface area contributed by atoms with Crippen LogP contribution in [-0.2, 0) is 25.7 Å². The molecule has 0 fully saturated rings. The van der Waals surface area contributed by atoms with Gasteiger partial charge in [-0.1, -0.05) is 197 Å². The van der Waals surface area contributed by atoms with Crippen LogP contribution in [0.1, 0.15) is 84.0 Å². The summed E-state index contributed by atoms with van der Waals surface area (Å²) < 4.78 is 0. The summed E-state index contributed by atoms with van der Waals surface area (Å²) in [6.45, 7) is 9.07. The van der Waals surface area contributed by atoms with Crippen LogP contribution in [0, 0.1) is 5.41 Å². The molecule has 6 aromatic rings. The molecule has 0 saturated carbocycles. The van der Waals surface area contributed by atoms with Crippen LogP contribution in [0.5, 0.6) is 0 Å². The highest BCUT2D eigenvalue weighted by Crippen LogP contribution is 2.52. The third kappa shape index (κ3) is 6.45. The maximum Gasteiger partial charge on any atom is 0.0214 e. The topological polar surface area (TPSA) is 0 Å². The van der Waals surface area contributed by atoms with Gasteiger partial charge in [0.05, 0.1) is 0 Å². The van der Waals surface area contributed by atoms with E-state index < -0.39 is 0 Å². The lowest BCUT2D eigenvalue weighted by molar-refractivity contribution is 0.414. The van der Waals surface area contributed by atoms with Crippen molar-refractivity contribution < 1.29 is 0 Å². The van der Waals surface area contributed by atoms with Gasteiger partial charge in [-0.25, -0.2) is 0 Å². The molecule has 0 N–H and O–H groups in total. The van der Waals surface area contributed by atoms with Crippen molar-refractivity contribution in [3.63, 3.8) is 0 Å². The SMILES string of the molecule is CC(C)c1ccc(-c2cccc3c2C=C(C(Cc2ccccc2)(Cc2ccccc2)C2=Cc4c(cccc4-c4ccc(C(C)C)cc4)C2)C3)cc1. The Morgan fingerprint density at radius 1 is 0.431 bits per heavy atom. The third-order valence-corrected chi connectivity index (χ3v) is 11.5. The van der Waals surface area contributed by atoms with Crippen molar-refractivity contribution in [2.75, 3.05) is 0 Å². The fourth-order valence-corrected chi connectivity index (χ4v) is 8.56. The molecule has 0 heteroatoms. The lowest BCUT2D eigenvalue weighted by atomic mass is 9.65. The number of allylic oxidation sites excluding steroid dienone is 2. The standard InChI is InChI=1S/C51H48/c1-35(2)39-21-25-41(26-22-39)47-19-11-17-43-29-45(31-49(43)47)51(33-37-13-7-5-8-14-37,34-38-15-9-6-10-16-38)46-30-44-18-12-20-48(50(44)32-46)42-27-23-40(24-28-42)36(3)4/h5-28,31-32,35-36H,29-30,33-34H2,1-4H3. The Hall–Kier alpha value is -5.20. The zero-order chi connectivity index (χ0) is 35.0. The van der Waals surface area contributed by atoms with Gasteiger partial charge in [0.15, 0.2) is 0 Å². The van der Waals surface area contributed by atoms with Crippen LogP contribution in [-0.4, -0.2) is 0 Å². The second-order valence-corrected chi connectivity index (χ2v) is 15.4. The summed E-state index contributed by atoms with van der Waals surface area (Å²) >= 11 is 0. The van der Waals surface area contributed by atoms with Crippen molar-refractivity contribution in [2.45, 2.75) is 65.2 Å². The molecule has 0 aliphatic heterocycles. The van der Waals surface area contributed by atoms with E-state index in [1.807, 2.05) is 0 Å². The van der Waals surface area contributed by atoms with Gasteiger partial charge < -0.3 is 0 Å². The Bertz CT molecular complexity index is 2050. The fourth-order valence-electron chi connectivity index (χ4n) is 8.56. The van der Waals surface area contributed by atoms with Crippen molar-refractivity contribution in [3.05, 3.63) is 201 Å². The van der Waals surface area contributed by atoms with Crippen LogP contribution in [0.4, 0.5) is 0 Å². The number of rotatable bonds is 10. The molecule has 0 bridgehead atoms. The molecule has 0 nitrogen and oxygen atoms in total. The molecule has 252 valence electrons. The Kier molecular flexibility index (Phi) is 8.95. The summed E-state index contributed by atoms with van der Waals surface area (Å²) in [5.41, 5.74) is 19.3. The smallest absolute Gasteiger partial charge is 0.0214 e. The molecule has 0 spiro atoms. The van der Waals surface area contributed by atoms with Crippen molar-refractivity contribution >= 4 is 12.2 Å². The fraction of sp³-hybridized carbons (Fsp3) is 0.216. The van der Waals surface area contributed by atoms with Crippen molar-refractivity contribution in [2.24, 2.45) is 5.41 Å². The molecule has 0 amide bonds. The summed E-state index contributed by atoms with van der Waals surface area (Å²) in [5.74, 6) is 1.04. The molecule has 2 aliphatic carbocycles. The van der Waals surface area contributed by atoms with Crippen molar-refractivity contribution in [1.82, 2.24) is 0 Å². The number of hydrogen-bond donors (Lipinski definition) is 0. The van der Waals surface area contributed by atoms with E-state index in [9.17, 15) is 0 Å². The minimum atomic E-state index is -0.196. The molecule has 0 radical (unpaired) electrons. The van der Waals surface area contributed by atoms with Gasteiger partial charge in [0, 0.05) is 5.41 Å². The Labute approximate surface area is 305 Å². The second kappa shape index (κ2) is 13.8. The van der Waals surface area contributed by atoms with Gasteiger partial charge in [-0.3, -0.25) is 0 Å². The van der Waals surface area contributed by atoms with E-state index in [2.05, 4.69) is 185 Å². The Morgan fingerprint density at radius 3 is 1.20 bits per heavy atom. The van der Waals surface area contributed by atoms with Gasteiger partial charge in [0.1, 0.15) is 0 Å². The highest BCUT2D eigenvalue weighted by atomic mass is 14.5. The lowest BCUT2D eigenvalue weighted by Gasteiger charge is -2.38. The average molecular weight is 661 g/mol. The average Bonchev–Trinajstić information content (AvgIpc) is 3.81. The zero-order valence-corrected chi connectivity index (χ0v) is 30.5. The van der Waals surface area contributed by atoms with Gasteiger partial charge >= 0.3 is 0 Å². The molecule has 8 rings (SSSR count). The normalized spacial score (nSPS) is 13.7. The lowest BCUT2D eigenvalue weighted by Crippen LogP contribution is -2.32. The van der Waals surface area contributed by atoms with Crippen LogP contribution in [0.2, 0.25) is 0 Å². The summed E-state index contributed by atoms with van der Waals surface area (Å²) in [5, 5.41) is 0. The molecule has 6 aromatic carbocycles. The highest BCUT2D eigenvalue weighted by Gasteiger charge is 2.42. The van der Waals surface area contributed by atoms with Gasteiger partial charge in [-0.05, 0) is 104 Å². The molecule has 0 heterocycles. The Balaban J connectivity index is 1.29. The van der Waals surface area contributed by atoms with E-state index in [1.54, 1.807) is 0 Å². The summed E-state index contributed by atoms with van der Waals surface area (Å²) in [6, 6.07) is 54.8. The second-order valence-electron chi connectivity index (χ2n) is 15.4. The quantitative estimate of drug-likeness (QED) is 0.137. The van der Waals surface area contributed by atoms with Crippen LogP contribution >= 0.6 is 0 Å². The molecule has 0 unspecified atom stereocenters. The largest absolute Gasteiger partial charge is 0.0622 e. The van der Waals surface area contributed by atoms with E-state index in [0.29, 0.717) is 11.8 Å². The van der Waals surface area contributed by atoms with E-state index in [0.717, 1.165) is 25.7 Å². The maximum atomic E-state index is 2.59. The van der Waals surface area contributed by atoms with Gasteiger partial charge in [-0.2, -0.15) is 0 Å². The van der Waals surface area contributed by atoms with Gasteiger partial charge in [0.25, 0.3) is 0 Å². The number of fused-ring (bicyclic) bond motifs is 2. The van der Waals surface area contributed by atoms with E-state index in [-0.39, 0.29) is 5.41 Å². The van der Waals surface area contributed by atoms with E-state index in [4.69, 9.17) is 0 Å². The number of benzene rings is 6. The van der Waals surface area contributed by atoms with E-state index in [1.165, 1.54) is 77.9 Å². The third-order valence-electron chi connectivity index (χ3n) is 11.5. The van der Waals surface area contributed by atoms with Crippen molar-refractivity contribution in [3.8, 4) is 22.3 Å². The molecule has 0 aromatic heterocycles. The molecular formula is C51H48. The van der Waals surface area contributed by atoms with Crippen molar-refractivity contribution in [1.29, 1.82) is 0 Å². The molecule has 0 atom stereocenters. The Morgan fingerprint density at radius 2 is 0.824 bits per heavy atom. The van der Waals surface area contributed by atoms with Crippen LogP contribution in [0.15, 0.2) is 157 Å². The van der Waals surface area contributed by atoms with Crippen LogP contribution < -0.4 is 0 Å². The zero-order valence-electron chi connectivity index (χ0n) is 30.5. The first kappa shape index (κ1) is 33.0. The first-order valence-electron chi connectivity index (χ1n) is 18.8. The minimum absolute atomic E-state index is 0.196. The first-order valence-corrected chi connectivity index (χ1v) is 18.8. The maximum absolute atomic E-state index is 2.59. The van der Waals surface area contributed by atoms with Gasteiger partial charge in [-0.15, -0.1) is 0 Å². The van der Waals surface area contributed by atoms with Gasteiger partial charge in [0.2, 0.25) is 0 Å². The molecule has 2 aliphatic rings.